The quantitative estimate of drug-likeness (QED) is 0.677. The van der Waals surface area contributed by atoms with E-state index in [4.69, 9.17) is 11.6 Å². The van der Waals surface area contributed by atoms with Gasteiger partial charge in [0.25, 0.3) is 0 Å². The van der Waals surface area contributed by atoms with Crippen LogP contribution in [0.4, 0.5) is 0 Å². The fourth-order valence-electron chi connectivity index (χ4n) is 0.776. The lowest BCUT2D eigenvalue weighted by atomic mass is 10.1. The first-order valence-corrected chi connectivity index (χ1v) is 4.89. The highest BCUT2D eigenvalue weighted by Gasteiger charge is 1.92. The summed E-state index contributed by atoms with van der Waals surface area (Å²) in [6, 6.07) is 7.85. The van der Waals surface area contributed by atoms with Gasteiger partial charge in [-0.2, -0.15) is 0 Å². The number of halogens is 2. The second kappa shape index (κ2) is 4.12. The molecule has 0 N–H and O–H groups in total. The molecular formula is C9H8ClI. The molecular weight excluding hydrogens is 270 g/mol. The lowest BCUT2D eigenvalue weighted by Gasteiger charge is -1.98. The van der Waals surface area contributed by atoms with Gasteiger partial charge in [0.2, 0.25) is 0 Å². The summed E-state index contributed by atoms with van der Waals surface area (Å²) in [6.45, 7) is 2.08. The Kier molecular flexibility index (Phi) is 3.40. The highest BCUT2D eigenvalue weighted by atomic mass is 127. The third kappa shape index (κ3) is 2.49. The van der Waals surface area contributed by atoms with Crippen molar-refractivity contribution in [3.8, 4) is 0 Å². The summed E-state index contributed by atoms with van der Waals surface area (Å²) in [5, 5.41) is 0.787. The summed E-state index contributed by atoms with van der Waals surface area (Å²) in [4.78, 5) is 0. The van der Waals surface area contributed by atoms with Gasteiger partial charge in [-0.25, -0.2) is 0 Å². The average molecular weight is 279 g/mol. The summed E-state index contributed by atoms with van der Waals surface area (Å²) < 4.78 is 2.06. The first kappa shape index (κ1) is 9.07. The summed E-state index contributed by atoms with van der Waals surface area (Å²) in [6.07, 6.45) is 0. The largest absolute Gasteiger partial charge is 0.0843 e. The molecule has 0 spiro atoms. The van der Waals surface area contributed by atoms with Gasteiger partial charge in [0.15, 0.2) is 0 Å². The van der Waals surface area contributed by atoms with Gasteiger partial charge in [0.1, 0.15) is 0 Å². The molecule has 0 heterocycles. The molecule has 2 heteroatoms. The zero-order chi connectivity index (χ0) is 8.27. The highest BCUT2D eigenvalue weighted by molar-refractivity contribution is 14.1. The van der Waals surface area contributed by atoms with Crippen molar-refractivity contribution in [2.24, 2.45) is 0 Å². The van der Waals surface area contributed by atoms with E-state index in [0.717, 1.165) is 5.02 Å². The van der Waals surface area contributed by atoms with Gasteiger partial charge < -0.3 is 0 Å². The Bertz CT molecular complexity index is 261. The van der Waals surface area contributed by atoms with Crippen molar-refractivity contribution in [3.05, 3.63) is 38.9 Å². The SMILES string of the molecule is CC(=CI)c1ccc(Cl)cc1. The number of allylic oxidation sites excluding steroid dienone is 1. The van der Waals surface area contributed by atoms with Crippen molar-refractivity contribution in [3.63, 3.8) is 0 Å². The van der Waals surface area contributed by atoms with Gasteiger partial charge in [-0.3, -0.25) is 0 Å². The van der Waals surface area contributed by atoms with E-state index in [1.807, 2.05) is 24.3 Å². The van der Waals surface area contributed by atoms with Gasteiger partial charge >= 0.3 is 0 Å². The fourth-order valence-corrected chi connectivity index (χ4v) is 1.26. The van der Waals surface area contributed by atoms with Crippen LogP contribution >= 0.6 is 34.2 Å². The van der Waals surface area contributed by atoms with Gasteiger partial charge in [-0.05, 0) is 34.3 Å². The molecule has 0 aliphatic heterocycles. The maximum absolute atomic E-state index is 5.74. The Morgan fingerprint density at radius 1 is 1.36 bits per heavy atom. The molecule has 0 atom stereocenters. The first-order chi connectivity index (χ1) is 5.24. The zero-order valence-corrected chi connectivity index (χ0v) is 9.06. The van der Waals surface area contributed by atoms with E-state index in [2.05, 4.69) is 33.6 Å². The lowest BCUT2D eigenvalue weighted by molar-refractivity contribution is 1.58. The second-order valence-electron chi connectivity index (χ2n) is 2.30. The molecule has 11 heavy (non-hydrogen) atoms. The van der Waals surface area contributed by atoms with Crippen LogP contribution in [0.3, 0.4) is 0 Å². The van der Waals surface area contributed by atoms with Crippen LogP contribution in [0, 0.1) is 0 Å². The van der Waals surface area contributed by atoms with Crippen molar-refractivity contribution in [1.82, 2.24) is 0 Å². The zero-order valence-electron chi connectivity index (χ0n) is 6.14. The van der Waals surface area contributed by atoms with Gasteiger partial charge in [-0.1, -0.05) is 46.3 Å². The monoisotopic (exact) mass is 278 g/mol. The van der Waals surface area contributed by atoms with E-state index in [0.29, 0.717) is 0 Å². The van der Waals surface area contributed by atoms with Gasteiger partial charge in [0, 0.05) is 5.02 Å². The molecule has 0 saturated carbocycles. The number of benzene rings is 1. The number of rotatable bonds is 1. The summed E-state index contributed by atoms with van der Waals surface area (Å²) in [7, 11) is 0. The molecule has 0 radical (unpaired) electrons. The van der Waals surface area contributed by atoms with Crippen LogP contribution in [0.15, 0.2) is 28.3 Å². The molecule has 1 rings (SSSR count). The Morgan fingerprint density at radius 3 is 2.36 bits per heavy atom. The van der Waals surface area contributed by atoms with E-state index in [9.17, 15) is 0 Å². The Morgan fingerprint density at radius 2 is 1.91 bits per heavy atom. The van der Waals surface area contributed by atoms with E-state index in [-0.39, 0.29) is 0 Å². The van der Waals surface area contributed by atoms with Crippen LogP contribution in [-0.2, 0) is 0 Å². The molecule has 0 aliphatic carbocycles. The van der Waals surface area contributed by atoms with E-state index in [1.54, 1.807) is 0 Å². The maximum Gasteiger partial charge on any atom is 0.0406 e. The van der Waals surface area contributed by atoms with E-state index in [1.165, 1.54) is 11.1 Å². The van der Waals surface area contributed by atoms with Crippen molar-refractivity contribution < 1.29 is 0 Å². The maximum atomic E-state index is 5.74. The molecule has 1 aromatic carbocycles. The third-order valence-electron chi connectivity index (χ3n) is 1.46. The summed E-state index contributed by atoms with van der Waals surface area (Å²) in [5.41, 5.74) is 2.49. The standard InChI is InChI=1S/C9H8ClI/c1-7(6-11)8-2-4-9(10)5-3-8/h2-6H,1H3. The van der Waals surface area contributed by atoms with Gasteiger partial charge in [-0.15, -0.1) is 0 Å². The van der Waals surface area contributed by atoms with Gasteiger partial charge in [0.05, 0.1) is 0 Å². The van der Waals surface area contributed by atoms with Crippen LogP contribution in [0.2, 0.25) is 5.02 Å². The van der Waals surface area contributed by atoms with E-state index < -0.39 is 0 Å². The Balaban J connectivity index is 2.99. The molecule has 0 nitrogen and oxygen atoms in total. The summed E-state index contributed by atoms with van der Waals surface area (Å²) in [5.74, 6) is 0. The number of hydrogen-bond donors (Lipinski definition) is 0. The topological polar surface area (TPSA) is 0 Å². The minimum atomic E-state index is 0.787. The third-order valence-corrected chi connectivity index (χ3v) is 2.65. The van der Waals surface area contributed by atoms with Crippen molar-refractivity contribution in [2.45, 2.75) is 6.92 Å². The molecule has 0 saturated heterocycles. The Hall–Kier alpha value is -0.0200. The van der Waals surface area contributed by atoms with Crippen LogP contribution in [0.1, 0.15) is 12.5 Å². The lowest BCUT2D eigenvalue weighted by Crippen LogP contribution is -1.75. The molecule has 1 aromatic rings. The van der Waals surface area contributed by atoms with Crippen LogP contribution in [0.25, 0.3) is 5.57 Å². The molecule has 0 aliphatic rings. The molecule has 0 fully saturated rings. The molecule has 0 aromatic heterocycles. The first-order valence-electron chi connectivity index (χ1n) is 3.27. The van der Waals surface area contributed by atoms with Crippen molar-refractivity contribution in [2.75, 3.05) is 0 Å². The average Bonchev–Trinajstić information content (AvgIpc) is 2.05. The molecule has 58 valence electrons. The van der Waals surface area contributed by atoms with Crippen LogP contribution in [-0.4, -0.2) is 0 Å². The van der Waals surface area contributed by atoms with Crippen LogP contribution in [0.5, 0.6) is 0 Å². The minimum Gasteiger partial charge on any atom is -0.0843 e. The minimum absolute atomic E-state index is 0.787. The highest BCUT2D eigenvalue weighted by Crippen LogP contribution is 2.17. The number of hydrogen-bond acceptors (Lipinski definition) is 0. The fraction of sp³-hybridized carbons (Fsp3) is 0.111. The van der Waals surface area contributed by atoms with Crippen molar-refractivity contribution in [1.29, 1.82) is 0 Å². The smallest absolute Gasteiger partial charge is 0.0406 e. The molecule has 0 bridgehead atoms. The normalized spacial score (nSPS) is 11.7. The van der Waals surface area contributed by atoms with E-state index >= 15 is 0 Å². The molecule has 0 unspecified atom stereocenters. The summed E-state index contributed by atoms with van der Waals surface area (Å²) >= 11 is 7.97. The second-order valence-corrected chi connectivity index (χ2v) is 3.36. The van der Waals surface area contributed by atoms with Crippen molar-refractivity contribution >= 4 is 39.8 Å². The predicted octanol–water partition coefficient (Wildman–Crippen LogP) is 4.14. The van der Waals surface area contributed by atoms with Crippen LogP contribution < -0.4 is 0 Å². The predicted molar refractivity (Wildman–Crippen MR) is 59.1 cm³/mol. The molecule has 0 amide bonds. The Labute approximate surface area is 85.4 Å².